The van der Waals surface area contributed by atoms with Crippen molar-refractivity contribution in [3.8, 4) is 28.4 Å². The Kier molecular flexibility index (Phi) is 8.15. The number of ether oxygens (including phenoxy) is 2. The van der Waals surface area contributed by atoms with Gasteiger partial charge in [-0.15, -0.1) is 0 Å². The number of nitrogens with zero attached hydrogens (tertiary/aromatic N) is 2. The molecule has 0 saturated heterocycles. The number of carbonyl (C=O) groups is 2. The number of halogens is 1. The molecule has 0 bridgehead atoms. The number of carbonyl (C=O) groups excluding carboxylic acids is 1. The molecule has 1 fully saturated rings. The van der Waals surface area contributed by atoms with Crippen LogP contribution in [0.1, 0.15) is 49.0 Å². The number of hydrogen-bond acceptors (Lipinski definition) is 5. The van der Waals surface area contributed by atoms with Gasteiger partial charge in [0, 0.05) is 11.1 Å². The van der Waals surface area contributed by atoms with Gasteiger partial charge in [0.2, 0.25) is 0 Å². The lowest BCUT2D eigenvalue weighted by molar-refractivity contribution is -0.137. The zero-order valence-corrected chi connectivity index (χ0v) is 21.1. The average molecular weight is 512 g/mol. The monoisotopic (exact) mass is 511 g/mol. The second-order valence-corrected chi connectivity index (χ2v) is 9.35. The number of methoxy groups -OCH3 is 2. The molecule has 0 aliphatic heterocycles. The lowest BCUT2D eigenvalue weighted by atomic mass is 9.82. The smallest absolute Gasteiger partial charge is 0.305 e. The van der Waals surface area contributed by atoms with Crippen LogP contribution in [0.5, 0.6) is 11.5 Å². The van der Waals surface area contributed by atoms with Crippen LogP contribution in [0, 0.1) is 5.92 Å². The number of amides is 1. The number of rotatable bonds is 9. The minimum absolute atomic E-state index is 0.124. The number of nitrogens with one attached hydrogen (secondary N) is 1. The van der Waals surface area contributed by atoms with Crippen molar-refractivity contribution in [2.45, 2.75) is 44.6 Å². The minimum Gasteiger partial charge on any atom is -0.496 e. The molecule has 1 aliphatic rings. The first-order valence-electron chi connectivity index (χ1n) is 12.0. The van der Waals surface area contributed by atoms with Crippen molar-refractivity contribution in [1.29, 1.82) is 0 Å². The Balaban J connectivity index is 1.76. The van der Waals surface area contributed by atoms with E-state index in [1.807, 2.05) is 18.2 Å². The molecule has 2 aromatic carbocycles. The molecule has 1 aliphatic carbocycles. The summed E-state index contributed by atoms with van der Waals surface area (Å²) in [6.45, 7) is 0. The summed E-state index contributed by atoms with van der Waals surface area (Å²) in [5.74, 6) is -0.109. The maximum absolute atomic E-state index is 13.4. The Morgan fingerprint density at radius 2 is 1.72 bits per heavy atom. The maximum Gasteiger partial charge on any atom is 0.305 e. The molecule has 190 valence electrons. The van der Waals surface area contributed by atoms with E-state index in [9.17, 15) is 14.7 Å². The largest absolute Gasteiger partial charge is 0.496 e. The first kappa shape index (κ1) is 25.6. The lowest BCUT2D eigenvalue weighted by Crippen LogP contribution is -2.42. The molecule has 1 aromatic heterocycles. The van der Waals surface area contributed by atoms with Crippen molar-refractivity contribution < 1.29 is 24.2 Å². The summed E-state index contributed by atoms with van der Waals surface area (Å²) < 4.78 is 12.8. The molecular weight excluding hydrogens is 482 g/mol. The van der Waals surface area contributed by atoms with Crippen molar-refractivity contribution in [1.82, 2.24) is 15.1 Å². The van der Waals surface area contributed by atoms with Gasteiger partial charge in [-0.1, -0.05) is 36.9 Å². The van der Waals surface area contributed by atoms with Crippen LogP contribution >= 0.6 is 11.6 Å². The summed E-state index contributed by atoms with van der Waals surface area (Å²) >= 11 is 6.10. The zero-order chi connectivity index (χ0) is 25.7. The summed E-state index contributed by atoms with van der Waals surface area (Å²) in [6.07, 6.45) is 4.91. The van der Waals surface area contributed by atoms with Gasteiger partial charge in [0.25, 0.3) is 5.91 Å². The lowest BCUT2D eigenvalue weighted by Gasteiger charge is -2.29. The first-order chi connectivity index (χ1) is 17.4. The van der Waals surface area contributed by atoms with Gasteiger partial charge >= 0.3 is 5.97 Å². The normalized spacial score (nSPS) is 14.8. The molecular formula is C27H30ClN3O5. The Hall–Kier alpha value is -3.52. The molecule has 1 amide bonds. The van der Waals surface area contributed by atoms with Crippen molar-refractivity contribution >= 4 is 23.5 Å². The van der Waals surface area contributed by atoms with Crippen molar-refractivity contribution in [2.24, 2.45) is 5.92 Å². The molecule has 36 heavy (non-hydrogen) atoms. The highest BCUT2D eigenvalue weighted by Gasteiger charge is 2.29. The number of aromatic nitrogens is 2. The fourth-order valence-corrected chi connectivity index (χ4v) is 4.98. The number of carboxylic acids is 1. The maximum atomic E-state index is 13.4. The molecule has 3 aromatic rings. The Labute approximate surface area is 215 Å². The van der Waals surface area contributed by atoms with Gasteiger partial charge in [-0.05, 0) is 61.2 Å². The van der Waals surface area contributed by atoms with E-state index >= 15 is 0 Å². The van der Waals surface area contributed by atoms with Crippen molar-refractivity contribution in [2.75, 3.05) is 14.2 Å². The topological polar surface area (TPSA) is 103 Å². The van der Waals surface area contributed by atoms with Gasteiger partial charge < -0.3 is 19.9 Å². The summed E-state index contributed by atoms with van der Waals surface area (Å²) in [5, 5.41) is 17.6. The molecule has 0 radical (unpaired) electrons. The third kappa shape index (κ3) is 5.65. The summed E-state index contributed by atoms with van der Waals surface area (Å²) in [4.78, 5) is 25.0. The third-order valence-electron chi connectivity index (χ3n) is 6.63. The Morgan fingerprint density at radius 3 is 2.31 bits per heavy atom. The highest BCUT2D eigenvalue weighted by molar-refractivity contribution is 6.30. The van der Waals surface area contributed by atoms with E-state index in [1.54, 1.807) is 49.2 Å². The van der Waals surface area contributed by atoms with Gasteiger partial charge in [0.15, 0.2) is 5.69 Å². The summed E-state index contributed by atoms with van der Waals surface area (Å²) in [7, 11) is 3.13. The van der Waals surface area contributed by atoms with Crippen LogP contribution in [0.15, 0.2) is 48.5 Å². The molecule has 4 rings (SSSR count). The molecule has 1 heterocycles. The van der Waals surface area contributed by atoms with E-state index < -0.39 is 17.9 Å². The SMILES string of the molecule is COc1cccc(OC)c1-c1cc(C(=O)NC(CC(=O)O)C2CCCCC2)nn1-c1ccc(Cl)cc1. The first-order valence-corrected chi connectivity index (χ1v) is 12.4. The van der Waals surface area contributed by atoms with E-state index in [4.69, 9.17) is 21.1 Å². The molecule has 9 heteroatoms. The van der Waals surface area contributed by atoms with Crippen LogP contribution in [0.4, 0.5) is 0 Å². The third-order valence-corrected chi connectivity index (χ3v) is 6.88. The Morgan fingerprint density at radius 1 is 1.08 bits per heavy atom. The quantitative estimate of drug-likeness (QED) is 0.400. The van der Waals surface area contributed by atoms with E-state index in [0.29, 0.717) is 33.5 Å². The van der Waals surface area contributed by atoms with Gasteiger partial charge in [-0.25, -0.2) is 4.68 Å². The number of hydrogen-bond donors (Lipinski definition) is 2. The predicted molar refractivity (Wildman–Crippen MR) is 137 cm³/mol. The predicted octanol–water partition coefficient (Wildman–Crippen LogP) is 5.36. The average Bonchev–Trinajstić information content (AvgIpc) is 3.33. The molecule has 0 spiro atoms. The van der Waals surface area contributed by atoms with Crippen LogP contribution in [0.2, 0.25) is 5.02 Å². The number of benzene rings is 2. The van der Waals surface area contributed by atoms with Gasteiger partial charge in [0.05, 0.1) is 37.6 Å². The number of carboxylic acid groups (broad SMARTS) is 1. The molecule has 1 saturated carbocycles. The number of aliphatic carboxylic acids is 1. The highest BCUT2D eigenvalue weighted by Crippen LogP contribution is 2.39. The van der Waals surface area contributed by atoms with Gasteiger partial charge in [-0.3, -0.25) is 9.59 Å². The fraction of sp³-hybridized carbons (Fsp3) is 0.370. The highest BCUT2D eigenvalue weighted by atomic mass is 35.5. The zero-order valence-electron chi connectivity index (χ0n) is 20.4. The van der Waals surface area contributed by atoms with Crippen LogP contribution in [-0.4, -0.2) is 47.0 Å². The van der Waals surface area contributed by atoms with Crippen LogP contribution in [0.25, 0.3) is 16.9 Å². The van der Waals surface area contributed by atoms with E-state index in [-0.39, 0.29) is 18.0 Å². The second kappa shape index (κ2) is 11.5. The van der Waals surface area contributed by atoms with E-state index in [2.05, 4.69) is 10.4 Å². The molecule has 8 nitrogen and oxygen atoms in total. The van der Waals surface area contributed by atoms with Gasteiger partial charge in [0.1, 0.15) is 11.5 Å². The van der Waals surface area contributed by atoms with E-state index in [1.165, 1.54) is 0 Å². The Bertz CT molecular complexity index is 1200. The summed E-state index contributed by atoms with van der Waals surface area (Å²) in [5.41, 5.74) is 2.08. The van der Waals surface area contributed by atoms with E-state index in [0.717, 1.165) is 32.1 Å². The van der Waals surface area contributed by atoms with Crippen LogP contribution in [-0.2, 0) is 4.79 Å². The second-order valence-electron chi connectivity index (χ2n) is 8.92. The standard InChI is InChI=1S/C27H30ClN3O5/c1-35-23-9-6-10-24(36-2)26(23)22-15-21(30-31(22)19-13-11-18(28)12-14-19)27(34)29-20(16-25(32)33)17-7-4-3-5-8-17/h6,9-15,17,20H,3-5,7-8,16H2,1-2H3,(H,29,34)(H,32,33). The molecule has 1 atom stereocenters. The summed E-state index contributed by atoms with van der Waals surface area (Å²) in [6, 6.07) is 13.7. The molecule has 1 unspecified atom stereocenters. The van der Waals surface area contributed by atoms with Crippen molar-refractivity contribution in [3.05, 3.63) is 59.2 Å². The fourth-order valence-electron chi connectivity index (χ4n) is 4.86. The van der Waals surface area contributed by atoms with Crippen molar-refractivity contribution in [3.63, 3.8) is 0 Å². The van der Waals surface area contributed by atoms with Crippen LogP contribution in [0.3, 0.4) is 0 Å². The molecule has 2 N–H and O–H groups in total. The minimum atomic E-state index is -0.933. The van der Waals surface area contributed by atoms with Crippen LogP contribution < -0.4 is 14.8 Å². The van der Waals surface area contributed by atoms with Gasteiger partial charge in [-0.2, -0.15) is 5.10 Å².